The van der Waals surface area contributed by atoms with Crippen LogP contribution in [-0.4, -0.2) is 21.2 Å². The molecule has 4 nitrogen and oxygen atoms in total. The third kappa shape index (κ3) is 2.95. The average molecular weight is 345 g/mol. The summed E-state index contributed by atoms with van der Waals surface area (Å²) in [6, 6.07) is 6.41. The predicted molar refractivity (Wildman–Crippen MR) is 92.1 cm³/mol. The highest BCUT2D eigenvalue weighted by molar-refractivity contribution is 7.99. The highest BCUT2D eigenvalue weighted by Gasteiger charge is 2.25. The van der Waals surface area contributed by atoms with Crippen molar-refractivity contribution in [1.29, 1.82) is 0 Å². The van der Waals surface area contributed by atoms with Crippen LogP contribution in [0.15, 0.2) is 29.4 Å². The van der Waals surface area contributed by atoms with E-state index in [0.29, 0.717) is 6.54 Å². The lowest BCUT2D eigenvalue weighted by Gasteiger charge is -2.12. The third-order valence-corrected chi connectivity index (χ3v) is 5.81. The van der Waals surface area contributed by atoms with Crippen molar-refractivity contribution in [1.82, 2.24) is 14.9 Å². The number of fused-ring (bicyclic) bond motifs is 1. The van der Waals surface area contributed by atoms with Crippen LogP contribution in [0.5, 0.6) is 0 Å². The van der Waals surface area contributed by atoms with Gasteiger partial charge in [-0.1, -0.05) is 24.6 Å². The van der Waals surface area contributed by atoms with Crippen molar-refractivity contribution in [3.05, 3.63) is 35.8 Å². The molecule has 24 heavy (non-hydrogen) atoms. The van der Waals surface area contributed by atoms with E-state index in [-0.39, 0.29) is 17.6 Å². The number of carbonyl (C=O) groups is 1. The fourth-order valence-electron chi connectivity index (χ4n) is 3.55. The van der Waals surface area contributed by atoms with Gasteiger partial charge in [-0.3, -0.25) is 4.79 Å². The standard InChI is InChI=1S/C18H20FN3OS/c19-14-7-5-12(6-8-14)16-15(22-9-10-24-18(22)21-16)11-20-17(23)13-3-1-2-4-13/h5-8,13H,1-4,9-11H2,(H,20,23). The van der Waals surface area contributed by atoms with E-state index in [1.165, 1.54) is 12.1 Å². The number of aromatic nitrogens is 2. The Morgan fingerprint density at radius 1 is 1.29 bits per heavy atom. The number of nitrogens with zero attached hydrogens (tertiary/aromatic N) is 2. The van der Waals surface area contributed by atoms with Crippen LogP contribution in [0.4, 0.5) is 4.39 Å². The second-order valence-corrected chi connectivity index (χ2v) is 7.46. The molecule has 126 valence electrons. The highest BCUT2D eigenvalue weighted by atomic mass is 32.2. The fourth-order valence-corrected chi connectivity index (χ4v) is 4.52. The molecule has 0 bridgehead atoms. The van der Waals surface area contributed by atoms with E-state index in [2.05, 4.69) is 9.88 Å². The molecule has 0 atom stereocenters. The molecular weight excluding hydrogens is 325 g/mol. The van der Waals surface area contributed by atoms with Gasteiger partial charge in [0.25, 0.3) is 0 Å². The molecule has 0 radical (unpaired) electrons. The topological polar surface area (TPSA) is 46.9 Å². The Morgan fingerprint density at radius 3 is 2.79 bits per heavy atom. The minimum atomic E-state index is -0.254. The zero-order valence-electron chi connectivity index (χ0n) is 13.4. The normalized spacial score (nSPS) is 17.2. The summed E-state index contributed by atoms with van der Waals surface area (Å²) in [6.45, 7) is 1.39. The Hall–Kier alpha value is -1.82. The maximum Gasteiger partial charge on any atom is 0.223 e. The van der Waals surface area contributed by atoms with Gasteiger partial charge >= 0.3 is 0 Å². The molecule has 1 N–H and O–H groups in total. The number of carbonyl (C=O) groups excluding carboxylic acids is 1. The maximum absolute atomic E-state index is 13.2. The minimum Gasteiger partial charge on any atom is -0.350 e. The summed E-state index contributed by atoms with van der Waals surface area (Å²) in [5, 5.41) is 4.08. The van der Waals surface area contributed by atoms with Crippen molar-refractivity contribution in [3.8, 4) is 11.3 Å². The number of halogens is 1. The fraction of sp³-hybridized carbons (Fsp3) is 0.444. The molecule has 1 aromatic carbocycles. The predicted octanol–water partition coefficient (Wildman–Crippen LogP) is 3.60. The zero-order valence-corrected chi connectivity index (χ0v) is 14.2. The first-order chi connectivity index (χ1) is 11.7. The van der Waals surface area contributed by atoms with Gasteiger partial charge in [-0.2, -0.15) is 0 Å². The van der Waals surface area contributed by atoms with Crippen LogP contribution in [0.1, 0.15) is 31.4 Å². The van der Waals surface area contributed by atoms with Crippen LogP contribution in [0.3, 0.4) is 0 Å². The van der Waals surface area contributed by atoms with Crippen LogP contribution in [0, 0.1) is 11.7 Å². The number of amides is 1. The van der Waals surface area contributed by atoms with Gasteiger partial charge in [0.05, 0.1) is 17.9 Å². The molecule has 0 spiro atoms. The highest BCUT2D eigenvalue weighted by Crippen LogP contribution is 2.33. The lowest BCUT2D eigenvalue weighted by molar-refractivity contribution is -0.125. The van der Waals surface area contributed by atoms with Crippen LogP contribution in [0.2, 0.25) is 0 Å². The summed E-state index contributed by atoms with van der Waals surface area (Å²) >= 11 is 1.73. The molecular formula is C18H20FN3OS. The van der Waals surface area contributed by atoms with Crippen molar-refractivity contribution in [3.63, 3.8) is 0 Å². The summed E-state index contributed by atoms with van der Waals surface area (Å²) < 4.78 is 15.4. The van der Waals surface area contributed by atoms with Crippen LogP contribution < -0.4 is 5.32 Å². The van der Waals surface area contributed by atoms with Crippen LogP contribution in [0.25, 0.3) is 11.3 Å². The van der Waals surface area contributed by atoms with E-state index in [0.717, 1.165) is 60.1 Å². The van der Waals surface area contributed by atoms with Crippen LogP contribution in [-0.2, 0) is 17.9 Å². The monoisotopic (exact) mass is 345 g/mol. The molecule has 0 saturated heterocycles. The van der Waals surface area contributed by atoms with Gasteiger partial charge in [-0.25, -0.2) is 9.37 Å². The first-order valence-electron chi connectivity index (χ1n) is 8.48. The average Bonchev–Trinajstić information content (AvgIpc) is 3.31. The summed E-state index contributed by atoms with van der Waals surface area (Å²) in [4.78, 5) is 17.1. The van der Waals surface area contributed by atoms with Gasteiger partial charge in [-0.15, -0.1) is 0 Å². The Balaban J connectivity index is 1.59. The molecule has 1 aromatic heterocycles. The van der Waals surface area contributed by atoms with Crippen molar-refractivity contribution in [2.75, 3.05) is 5.75 Å². The minimum absolute atomic E-state index is 0.152. The van der Waals surface area contributed by atoms with Gasteiger partial charge in [0.2, 0.25) is 5.91 Å². The lowest BCUT2D eigenvalue weighted by atomic mass is 10.1. The van der Waals surface area contributed by atoms with E-state index in [1.54, 1.807) is 23.9 Å². The van der Waals surface area contributed by atoms with Crippen molar-refractivity contribution >= 4 is 17.7 Å². The molecule has 1 fully saturated rings. The van der Waals surface area contributed by atoms with E-state index < -0.39 is 0 Å². The first-order valence-corrected chi connectivity index (χ1v) is 9.47. The number of thioether (sulfide) groups is 1. The van der Waals surface area contributed by atoms with Crippen molar-refractivity contribution in [2.24, 2.45) is 5.92 Å². The van der Waals surface area contributed by atoms with Gasteiger partial charge < -0.3 is 9.88 Å². The number of nitrogens with one attached hydrogen (secondary N) is 1. The largest absolute Gasteiger partial charge is 0.350 e. The Morgan fingerprint density at radius 2 is 2.04 bits per heavy atom. The Bertz CT molecular complexity index is 750. The SMILES string of the molecule is O=C(NCc1c(-c2ccc(F)cc2)nc2n1CCS2)C1CCCC1. The molecule has 1 amide bonds. The molecule has 6 heteroatoms. The maximum atomic E-state index is 13.2. The number of benzene rings is 1. The van der Waals surface area contributed by atoms with Gasteiger partial charge in [0, 0.05) is 23.8 Å². The molecule has 0 unspecified atom stereocenters. The smallest absolute Gasteiger partial charge is 0.223 e. The van der Waals surface area contributed by atoms with E-state index in [9.17, 15) is 9.18 Å². The quantitative estimate of drug-likeness (QED) is 0.921. The number of imidazole rings is 1. The number of hydrogen-bond donors (Lipinski definition) is 1. The summed E-state index contributed by atoms with van der Waals surface area (Å²) in [5.41, 5.74) is 2.76. The Labute approximate surface area is 144 Å². The second kappa shape index (κ2) is 6.59. The van der Waals surface area contributed by atoms with E-state index in [4.69, 9.17) is 4.98 Å². The number of hydrogen-bond acceptors (Lipinski definition) is 3. The van der Waals surface area contributed by atoms with Crippen molar-refractivity contribution < 1.29 is 9.18 Å². The molecule has 2 aliphatic rings. The van der Waals surface area contributed by atoms with E-state index >= 15 is 0 Å². The third-order valence-electron chi connectivity index (χ3n) is 4.86. The molecule has 1 saturated carbocycles. The summed E-state index contributed by atoms with van der Waals surface area (Å²) in [7, 11) is 0. The number of rotatable bonds is 4. The van der Waals surface area contributed by atoms with Gasteiger partial charge in [-0.05, 0) is 37.1 Å². The zero-order chi connectivity index (χ0) is 16.5. The summed E-state index contributed by atoms with van der Waals surface area (Å²) in [5.74, 6) is 1.07. The Kier molecular flexibility index (Phi) is 4.31. The van der Waals surface area contributed by atoms with Gasteiger partial charge in [0.1, 0.15) is 5.82 Å². The summed E-state index contributed by atoms with van der Waals surface area (Å²) in [6.07, 6.45) is 4.29. The molecule has 2 aromatic rings. The van der Waals surface area contributed by atoms with Gasteiger partial charge in [0.15, 0.2) is 5.16 Å². The van der Waals surface area contributed by atoms with Crippen molar-refractivity contribution in [2.45, 2.75) is 43.9 Å². The lowest BCUT2D eigenvalue weighted by Crippen LogP contribution is -2.29. The van der Waals surface area contributed by atoms with E-state index in [1.807, 2.05) is 0 Å². The molecule has 1 aliphatic heterocycles. The molecule has 2 heterocycles. The first kappa shape index (κ1) is 15.7. The molecule has 4 rings (SSSR count). The molecule has 1 aliphatic carbocycles. The second-order valence-electron chi connectivity index (χ2n) is 6.40. The van der Waals surface area contributed by atoms with Crippen LogP contribution >= 0.6 is 11.8 Å².